The number of aromatic nitrogens is 2. The molecular weight excluding hydrogens is 286 g/mol. The van der Waals surface area contributed by atoms with Crippen molar-refractivity contribution < 1.29 is 0 Å². The fourth-order valence-electron chi connectivity index (χ4n) is 3.58. The summed E-state index contributed by atoms with van der Waals surface area (Å²) < 4.78 is 0. The van der Waals surface area contributed by atoms with Crippen molar-refractivity contribution in [2.24, 2.45) is 0 Å². The molecule has 2 aliphatic rings. The van der Waals surface area contributed by atoms with E-state index < -0.39 is 0 Å². The first-order valence-corrected chi connectivity index (χ1v) is 9.34. The Labute approximate surface area is 140 Å². The summed E-state index contributed by atoms with van der Waals surface area (Å²) in [5.74, 6) is 0.946. The van der Waals surface area contributed by atoms with Crippen LogP contribution in [0.4, 0.5) is 5.95 Å². The molecular formula is C18H31N5. The molecule has 0 spiro atoms. The lowest BCUT2D eigenvalue weighted by Crippen LogP contribution is -2.47. The summed E-state index contributed by atoms with van der Waals surface area (Å²) in [6.07, 6.45) is 6.95. The Morgan fingerprint density at radius 2 is 1.78 bits per heavy atom. The summed E-state index contributed by atoms with van der Waals surface area (Å²) in [5, 5.41) is 0. The van der Waals surface area contributed by atoms with Gasteiger partial charge in [0, 0.05) is 57.4 Å². The zero-order chi connectivity index (χ0) is 16.1. The van der Waals surface area contributed by atoms with Crippen LogP contribution in [0, 0.1) is 0 Å². The van der Waals surface area contributed by atoms with Gasteiger partial charge in [-0.05, 0) is 25.9 Å². The molecule has 0 atom stereocenters. The third kappa shape index (κ3) is 4.21. The van der Waals surface area contributed by atoms with Gasteiger partial charge in [0.1, 0.15) is 0 Å². The Morgan fingerprint density at radius 3 is 2.52 bits per heavy atom. The molecule has 0 aromatic carbocycles. The van der Waals surface area contributed by atoms with Crippen molar-refractivity contribution in [2.45, 2.75) is 46.1 Å². The average Bonchev–Trinajstić information content (AvgIpc) is 2.60. The first-order chi connectivity index (χ1) is 11.3. The molecule has 0 unspecified atom stereocenters. The highest BCUT2D eigenvalue weighted by Gasteiger charge is 2.22. The number of hydrogen-bond donors (Lipinski definition) is 0. The molecule has 0 bridgehead atoms. The molecule has 0 radical (unpaired) electrons. The Kier molecular flexibility index (Phi) is 5.84. The summed E-state index contributed by atoms with van der Waals surface area (Å²) in [5.41, 5.74) is 2.61. The number of rotatable bonds is 6. The Hall–Kier alpha value is -1.20. The van der Waals surface area contributed by atoms with Gasteiger partial charge in [0.15, 0.2) is 0 Å². The fraction of sp³-hybridized carbons (Fsp3) is 0.778. The van der Waals surface area contributed by atoms with E-state index in [2.05, 4.69) is 39.7 Å². The van der Waals surface area contributed by atoms with E-state index >= 15 is 0 Å². The zero-order valence-electron chi connectivity index (χ0n) is 14.8. The van der Waals surface area contributed by atoms with Crippen molar-refractivity contribution in [2.75, 3.05) is 50.7 Å². The lowest BCUT2D eigenvalue weighted by atomic mass is 10.1. The number of nitrogens with zero attached hydrogens (tertiary/aromatic N) is 5. The summed E-state index contributed by atoms with van der Waals surface area (Å²) in [7, 11) is 0. The quantitative estimate of drug-likeness (QED) is 0.803. The number of piperazine rings is 1. The first-order valence-electron chi connectivity index (χ1n) is 9.34. The summed E-state index contributed by atoms with van der Waals surface area (Å²) >= 11 is 0. The predicted molar refractivity (Wildman–Crippen MR) is 94.9 cm³/mol. The van der Waals surface area contributed by atoms with E-state index in [0.29, 0.717) is 0 Å². The van der Waals surface area contributed by atoms with Crippen LogP contribution in [0.15, 0.2) is 6.20 Å². The molecule has 3 heterocycles. The van der Waals surface area contributed by atoms with Crippen LogP contribution in [0.5, 0.6) is 0 Å². The van der Waals surface area contributed by atoms with Crippen molar-refractivity contribution >= 4 is 5.95 Å². The number of anilines is 1. The Morgan fingerprint density at radius 1 is 0.957 bits per heavy atom. The minimum Gasteiger partial charge on any atom is -0.338 e. The molecule has 1 fully saturated rings. The van der Waals surface area contributed by atoms with Gasteiger partial charge in [-0.15, -0.1) is 0 Å². The molecule has 23 heavy (non-hydrogen) atoms. The minimum atomic E-state index is 0.946. The van der Waals surface area contributed by atoms with Gasteiger partial charge in [-0.2, -0.15) is 0 Å². The van der Waals surface area contributed by atoms with E-state index in [9.17, 15) is 0 Å². The SMILES string of the molecule is CCCCN1CCc2nc(N3CCN(CCC)CC3)ncc2C1. The van der Waals surface area contributed by atoms with E-state index in [4.69, 9.17) is 4.98 Å². The van der Waals surface area contributed by atoms with Gasteiger partial charge in [0.05, 0.1) is 5.69 Å². The highest BCUT2D eigenvalue weighted by atomic mass is 15.3. The molecule has 5 heteroatoms. The largest absolute Gasteiger partial charge is 0.338 e. The molecule has 0 aliphatic carbocycles. The van der Waals surface area contributed by atoms with Crippen LogP contribution in [-0.4, -0.2) is 65.6 Å². The van der Waals surface area contributed by atoms with Crippen molar-refractivity contribution in [3.8, 4) is 0 Å². The van der Waals surface area contributed by atoms with Crippen LogP contribution < -0.4 is 4.90 Å². The van der Waals surface area contributed by atoms with Crippen LogP contribution in [0.25, 0.3) is 0 Å². The third-order valence-corrected chi connectivity index (χ3v) is 5.02. The Balaban J connectivity index is 1.59. The van der Waals surface area contributed by atoms with Crippen LogP contribution in [0.2, 0.25) is 0 Å². The van der Waals surface area contributed by atoms with E-state index in [0.717, 1.165) is 51.6 Å². The molecule has 0 amide bonds. The normalized spacial score (nSPS) is 19.8. The summed E-state index contributed by atoms with van der Waals surface area (Å²) in [6, 6.07) is 0. The van der Waals surface area contributed by atoms with Crippen molar-refractivity contribution in [3.63, 3.8) is 0 Å². The number of fused-ring (bicyclic) bond motifs is 1. The molecule has 2 aliphatic heterocycles. The maximum absolute atomic E-state index is 4.89. The van der Waals surface area contributed by atoms with Crippen LogP contribution in [0.1, 0.15) is 44.4 Å². The molecule has 0 saturated carbocycles. The number of unbranched alkanes of at least 4 members (excludes halogenated alkanes) is 1. The molecule has 1 saturated heterocycles. The van der Waals surface area contributed by atoms with Gasteiger partial charge in [-0.1, -0.05) is 20.3 Å². The fourth-order valence-corrected chi connectivity index (χ4v) is 3.58. The predicted octanol–water partition coefficient (Wildman–Crippen LogP) is 2.17. The van der Waals surface area contributed by atoms with Gasteiger partial charge in [0.2, 0.25) is 5.95 Å². The van der Waals surface area contributed by atoms with Crippen molar-refractivity contribution in [1.29, 1.82) is 0 Å². The van der Waals surface area contributed by atoms with E-state index in [1.807, 2.05) is 0 Å². The molecule has 1 aromatic rings. The topological polar surface area (TPSA) is 35.5 Å². The lowest BCUT2D eigenvalue weighted by molar-refractivity contribution is 0.246. The standard InChI is InChI=1S/C18H31N5/c1-3-5-8-22-9-6-17-16(15-22)14-19-18(20-17)23-12-10-21(7-4-2)11-13-23/h14H,3-13,15H2,1-2H3. The van der Waals surface area contributed by atoms with E-state index in [-0.39, 0.29) is 0 Å². The third-order valence-electron chi connectivity index (χ3n) is 5.02. The van der Waals surface area contributed by atoms with Crippen LogP contribution >= 0.6 is 0 Å². The van der Waals surface area contributed by atoms with E-state index in [1.54, 1.807) is 0 Å². The molecule has 0 N–H and O–H groups in total. The monoisotopic (exact) mass is 317 g/mol. The Bertz CT molecular complexity index is 496. The molecule has 128 valence electrons. The van der Waals surface area contributed by atoms with E-state index in [1.165, 1.54) is 43.6 Å². The maximum Gasteiger partial charge on any atom is 0.225 e. The summed E-state index contributed by atoms with van der Waals surface area (Å²) in [4.78, 5) is 17.0. The second-order valence-electron chi connectivity index (χ2n) is 6.85. The van der Waals surface area contributed by atoms with Crippen LogP contribution in [-0.2, 0) is 13.0 Å². The smallest absolute Gasteiger partial charge is 0.225 e. The second kappa shape index (κ2) is 8.06. The highest BCUT2D eigenvalue weighted by molar-refractivity contribution is 5.35. The molecule has 3 rings (SSSR count). The van der Waals surface area contributed by atoms with Crippen molar-refractivity contribution in [3.05, 3.63) is 17.5 Å². The first kappa shape index (κ1) is 16.7. The van der Waals surface area contributed by atoms with Gasteiger partial charge in [-0.25, -0.2) is 9.97 Å². The van der Waals surface area contributed by atoms with Gasteiger partial charge < -0.3 is 4.90 Å². The van der Waals surface area contributed by atoms with Gasteiger partial charge in [0.25, 0.3) is 0 Å². The van der Waals surface area contributed by atoms with Gasteiger partial charge >= 0.3 is 0 Å². The summed E-state index contributed by atoms with van der Waals surface area (Å²) in [6.45, 7) is 13.5. The number of hydrogen-bond acceptors (Lipinski definition) is 5. The lowest BCUT2D eigenvalue weighted by Gasteiger charge is -2.35. The zero-order valence-corrected chi connectivity index (χ0v) is 14.8. The van der Waals surface area contributed by atoms with Crippen molar-refractivity contribution in [1.82, 2.24) is 19.8 Å². The second-order valence-corrected chi connectivity index (χ2v) is 6.85. The van der Waals surface area contributed by atoms with Crippen LogP contribution in [0.3, 0.4) is 0 Å². The minimum absolute atomic E-state index is 0.946. The maximum atomic E-state index is 4.89. The highest BCUT2D eigenvalue weighted by Crippen LogP contribution is 2.20. The molecule has 5 nitrogen and oxygen atoms in total. The average molecular weight is 317 g/mol. The van der Waals surface area contributed by atoms with Gasteiger partial charge in [-0.3, -0.25) is 9.80 Å². The molecule has 1 aromatic heterocycles.